The maximum atomic E-state index is 3.79. The third-order valence-electron chi connectivity index (χ3n) is 5.19. The molecule has 0 saturated carbocycles. The fraction of sp³-hybridized carbons (Fsp3) is 0.556. The molecule has 3 rings (SSSR count). The van der Waals surface area contributed by atoms with Crippen molar-refractivity contribution in [3.63, 3.8) is 0 Å². The van der Waals surface area contributed by atoms with Gasteiger partial charge >= 0.3 is 0 Å². The van der Waals surface area contributed by atoms with Crippen molar-refractivity contribution in [3.8, 4) is 0 Å². The topological polar surface area (TPSA) is 15.3 Å². The monoisotopic (exact) mass is 302 g/mol. The van der Waals surface area contributed by atoms with Gasteiger partial charge in [-0.1, -0.05) is 32.0 Å². The second-order valence-corrected chi connectivity index (χ2v) is 7.29. The molecule has 0 spiro atoms. The molecule has 3 heteroatoms. The summed E-state index contributed by atoms with van der Waals surface area (Å²) in [6.07, 6.45) is 2.41. The Morgan fingerprint density at radius 2 is 2.05 bits per heavy atom. The number of piperazine rings is 1. The number of benzene rings is 1. The Labute approximate surface area is 132 Å². The Morgan fingerprint density at radius 1 is 1.29 bits per heavy atom. The van der Waals surface area contributed by atoms with Gasteiger partial charge < -0.3 is 5.32 Å². The van der Waals surface area contributed by atoms with Crippen LogP contribution in [-0.4, -0.2) is 29.6 Å². The number of nitrogens with one attached hydrogen (secondary N) is 1. The second kappa shape index (κ2) is 6.07. The summed E-state index contributed by atoms with van der Waals surface area (Å²) in [6, 6.07) is 9.39. The summed E-state index contributed by atoms with van der Waals surface area (Å²) in [5.41, 5.74) is 1.80. The van der Waals surface area contributed by atoms with Crippen molar-refractivity contribution < 1.29 is 0 Å². The van der Waals surface area contributed by atoms with Crippen LogP contribution >= 0.6 is 11.3 Å². The SMILES string of the molecule is CCC1(CC)CN(Cc2csc3ccccc23)C(C)CN1. The fourth-order valence-electron chi connectivity index (χ4n) is 3.40. The molecule has 2 aromatic rings. The van der Waals surface area contributed by atoms with Gasteiger partial charge in [-0.25, -0.2) is 0 Å². The Hall–Kier alpha value is -0.900. The molecule has 1 aromatic heterocycles. The minimum atomic E-state index is 0.304. The predicted octanol–water partition coefficient (Wildman–Crippen LogP) is 4.25. The summed E-state index contributed by atoms with van der Waals surface area (Å²) in [7, 11) is 0. The van der Waals surface area contributed by atoms with Gasteiger partial charge in [0, 0.05) is 35.9 Å². The minimum Gasteiger partial charge on any atom is -0.308 e. The maximum Gasteiger partial charge on any atom is 0.0346 e. The first-order valence-electron chi connectivity index (χ1n) is 8.11. The molecular weight excluding hydrogens is 276 g/mol. The summed E-state index contributed by atoms with van der Waals surface area (Å²) >= 11 is 1.87. The smallest absolute Gasteiger partial charge is 0.0346 e. The van der Waals surface area contributed by atoms with Gasteiger partial charge in [0.25, 0.3) is 0 Å². The normalized spacial score (nSPS) is 22.7. The first-order valence-corrected chi connectivity index (χ1v) is 8.99. The Balaban J connectivity index is 1.82. The van der Waals surface area contributed by atoms with E-state index < -0.39 is 0 Å². The molecule has 1 fully saturated rings. The zero-order chi connectivity index (χ0) is 14.9. The van der Waals surface area contributed by atoms with Gasteiger partial charge in [0.05, 0.1) is 0 Å². The highest BCUT2D eigenvalue weighted by atomic mass is 32.1. The zero-order valence-corrected chi connectivity index (χ0v) is 14.2. The molecule has 2 nitrogen and oxygen atoms in total. The van der Waals surface area contributed by atoms with Crippen LogP contribution in [0.2, 0.25) is 0 Å². The lowest BCUT2D eigenvalue weighted by molar-refractivity contribution is 0.0750. The van der Waals surface area contributed by atoms with Crippen molar-refractivity contribution >= 4 is 21.4 Å². The zero-order valence-electron chi connectivity index (χ0n) is 13.4. The third-order valence-corrected chi connectivity index (χ3v) is 6.20. The Kier molecular flexibility index (Phi) is 4.34. The van der Waals surface area contributed by atoms with Gasteiger partial charge in [0.2, 0.25) is 0 Å². The number of fused-ring (bicyclic) bond motifs is 1. The average molecular weight is 302 g/mol. The first kappa shape index (κ1) is 15.0. The average Bonchev–Trinajstić information content (AvgIpc) is 2.93. The molecule has 1 N–H and O–H groups in total. The van der Waals surface area contributed by atoms with E-state index in [9.17, 15) is 0 Å². The molecule has 0 amide bonds. The minimum absolute atomic E-state index is 0.304. The van der Waals surface area contributed by atoms with Crippen molar-refractivity contribution in [3.05, 3.63) is 35.2 Å². The van der Waals surface area contributed by atoms with E-state index >= 15 is 0 Å². The lowest BCUT2D eigenvalue weighted by Crippen LogP contribution is -2.62. The van der Waals surface area contributed by atoms with Crippen LogP contribution in [0.3, 0.4) is 0 Å². The van der Waals surface area contributed by atoms with Gasteiger partial charge in [-0.15, -0.1) is 11.3 Å². The van der Waals surface area contributed by atoms with E-state index in [2.05, 4.69) is 60.6 Å². The van der Waals surface area contributed by atoms with Crippen LogP contribution in [0.15, 0.2) is 29.6 Å². The number of rotatable bonds is 4. The van der Waals surface area contributed by atoms with Crippen molar-refractivity contribution in [1.82, 2.24) is 10.2 Å². The first-order chi connectivity index (χ1) is 10.2. The molecule has 114 valence electrons. The summed E-state index contributed by atoms with van der Waals surface area (Å²) < 4.78 is 1.41. The van der Waals surface area contributed by atoms with Crippen LogP contribution < -0.4 is 5.32 Å². The molecular formula is C18H26N2S. The standard InChI is InChI=1S/C18H26N2S/c1-4-18(5-2)13-20(14(3)10-19-18)11-15-12-21-17-9-7-6-8-16(15)17/h6-9,12,14,19H,4-5,10-11,13H2,1-3H3. The van der Waals surface area contributed by atoms with Crippen molar-refractivity contribution in [2.45, 2.75) is 51.7 Å². The molecule has 1 aliphatic heterocycles. The lowest BCUT2D eigenvalue weighted by atomic mass is 9.88. The number of nitrogens with zero attached hydrogens (tertiary/aromatic N) is 1. The van der Waals surface area contributed by atoms with Crippen LogP contribution in [0.5, 0.6) is 0 Å². The molecule has 2 heterocycles. The fourth-order valence-corrected chi connectivity index (χ4v) is 4.36. The van der Waals surface area contributed by atoms with Gasteiger partial charge in [-0.05, 0) is 42.2 Å². The van der Waals surface area contributed by atoms with Crippen LogP contribution in [-0.2, 0) is 6.54 Å². The van der Waals surface area contributed by atoms with Gasteiger partial charge in [0.15, 0.2) is 0 Å². The number of hydrogen-bond donors (Lipinski definition) is 1. The largest absolute Gasteiger partial charge is 0.308 e. The number of hydrogen-bond acceptors (Lipinski definition) is 3. The van der Waals surface area contributed by atoms with Crippen LogP contribution in [0.1, 0.15) is 39.2 Å². The molecule has 0 bridgehead atoms. The van der Waals surface area contributed by atoms with Crippen molar-refractivity contribution in [2.75, 3.05) is 13.1 Å². The summed E-state index contributed by atoms with van der Waals surface area (Å²) in [5, 5.41) is 7.57. The van der Waals surface area contributed by atoms with Crippen LogP contribution in [0.4, 0.5) is 0 Å². The summed E-state index contributed by atoms with van der Waals surface area (Å²) in [5.74, 6) is 0. The van der Waals surface area contributed by atoms with E-state index in [1.807, 2.05) is 11.3 Å². The van der Waals surface area contributed by atoms with Gasteiger partial charge in [0.1, 0.15) is 0 Å². The molecule has 21 heavy (non-hydrogen) atoms. The highest BCUT2D eigenvalue weighted by Crippen LogP contribution is 2.29. The molecule has 0 radical (unpaired) electrons. The molecule has 0 aliphatic carbocycles. The van der Waals surface area contributed by atoms with Gasteiger partial charge in [-0.2, -0.15) is 0 Å². The maximum absolute atomic E-state index is 3.79. The van der Waals surface area contributed by atoms with E-state index in [4.69, 9.17) is 0 Å². The van der Waals surface area contributed by atoms with Crippen LogP contribution in [0, 0.1) is 0 Å². The lowest BCUT2D eigenvalue weighted by Gasteiger charge is -2.46. The van der Waals surface area contributed by atoms with Crippen molar-refractivity contribution in [2.24, 2.45) is 0 Å². The molecule has 1 saturated heterocycles. The van der Waals surface area contributed by atoms with Gasteiger partial charge in [-0.3, -0.25) is 4.90 Å². The van der Waals surface area contributed by atoms with E-state index in [0.29, 0.717) is 11.6 Å². The predicted molar refractivity (Wildman–Crippen MR) is 93.0 cm³/mol. The Morgan fingerprint density at radius 3 is 2.81 bits per heavy atom. The van der Waals surface area contributed by atoms with E-state index in [-0.39, 0.29) is 0 Å². The molecule has 1 atom stereocenters. The van der Waals surface area contributed by atoms with Crippen LogP contribution in [0.25, 0.3) is 10.1 Å². The highest BCUT2D eigenvalue weighted by Gasteiger charge is 2.35. The summed E-state index contributed by atoms with van der Waals surface area (Å²) in [4.78, 5) is 2.66. The summed E-state index contributed by atoms with van der Waals surface area (Å²) in [6.45, 7) is 10.3. The second-order valence-electron chi connectivity index (χ2n) is 6.38. The number of thiophene rings is 1. The quantitative estimate of drug-likeness (QED) is 0.908. The molecule has 1 aromatic carbocycles. The van der Waals surface area contributed by atoms with E-state index in [1.165, 1.54) is 28.5 Å². The Bertz CT molecular complexity index is 600. The van der Waals surface area contributed by atoms with E-state index in [1.54, 1.807) is 0 Å². The molecule has 1 aliphatic rings. The molecule has 1 unspecified atom stereocenters. The van der Waals surface area contributed by atoms with Crippen molar-refractivity contribution in [1.29, 1.82) is 0 Å². The third kappa shape index (κ3) is 2.87. The highest BCUT2D eigenvalue weighted by molar-refractivity contribution is 7.17. The van der Waals surface area contributed by atoms with E-state index in [0.717, 1.165) is 19.6 Å².